The number of hydrogen-bond donors (Lipinski definition) is 2. The standard InChI is InChI=1S/C17H27N5O/c1-2-18-17(23)8-5-13-4-3-9-22(11-13)16-10-15(19-12-20-16)21-14-6-7-14/h10,12-14H,2-9,11H2,1H3,(H,18,23)(H,19,20,21). The molecule has 23 heavy (non-hydrogen) atoms. The Bertz CT molecular complexity index is 531. The summed E-state index contributed by atoms with van der Waals surface area (Å²) in [6.07, 6.45) is 8.09. The number of rotatable bonds is 7. The van der Waals surface area contributed by atoms with E-state index in [1.807, 2.05) is 6.92 Å². The van der Waals surface area contributed by atoms with Crippen LogP contribution >= 0.6 is 0 Å². The van der Waals surface area contributed by atoms with Crippen LogP contribution in [0.4, 0.5) is 11.6 Å². The smallest absolute Gasteiger partial charge is 0.219 e. The van der Waals surface area contributed by atoms with Gasteiger partial charge in [0.15, 0.2) is 0 Å². The molecule has 3 rings (SSSR count). The summed E-state index contributed by atoms with van der Waals surface area (Å²) in [6.45, 7) is 4.70. The Labute approximate surface area is 138 Å². The van der Waals surface area contributed by atoms with E-state index in [0.717, 1.165) is 37.6 Å². The van der Waals surface area contributed by atoms with E-state index < -0.39 is 0 Å². The van der Waals surface area contributed by atoms with Crippen molar-refractivity contribution in [1.29, 1.82) is 0 Å². The zero-order valence-electron chi connectivity index (χ0n) is 13.9. The summed E-state index contributed by atoms with van der Waals surface area (Å²) in [5, 5.41) is 6.31. The SMILES string of the molecule is CCNC(=O)CCC1CCCN(c2cc(NC3CC3)ncn2)C1. The Morgan fingerprint density at radius 1 is 1.35 bits per heavy atom. The van der Waals surface area contributed by atoms with E-state index in [0.29, 0.717) is 24.9 Å². The monoisotopic (exact) mass is 317 g/mol. The van der Waals surface area contributed by atoms with Crippen LogP contribution in [0.15, 0.2) is 12.4 Å². The Morgan fingerprint density at radius 3 is 3.00 bits per heavy atom. The molecule has 1 unspecified atom stereocenters. The number of nitrogens with zero attached hydrogens (tertiary/aromatic N) is 3. The molecule has 0 bridgehead atoms. The van der Waals surface area contributed by atoms with Crippen molar-refractivity contribution in [2.24, 2.45) is 5.92 Å². The van der Waals surface area contributed by atoms with Gasteiger partial charge in [-0.05, 0) is 44.9 Å². The molecule has 0 spiro atoms. The first-order chi connectivity index (χ1) is 11.2. The minimum Gasteiger partial charge on any atom is -0.367 e. The highest BCUT2D eigenvalue weighted by molar-refractivity contribution is 5.75. The van der Waals surface area contributed by atoms with Crippen molar-refractivity contribution in [3.05, 3.63) is 12.4 Å². The molecule has 6 nitrogen and oxygen atoms in total. The Morgan fingerprint density at radius 2 is 2.22 bits per heavy atom. The van der Waals surface area contributed by atoms with Crippen molar-refractivity contribution in [2.45, 2.75) is 51.5 Å². The lowest BCUT2D eigenvalue weighted by molar-refractivity contribution is -0.121. The van der Waals surface area contributed by atoms with Gasteiger partial charge >= 0.3 is 0 Å². The van der Waals surface area contributed by atoms with Crippen molar-refractivity contribution in [3.8, 4) is 0 Å². The third-order valence-electron chi connectivity index (χ3n) is 4.58. The third kappa shape index (κ3) is 4.81. The zero-order chi connectivity index (χ0) is 16.1. The normalized spacial score (nSPS) is 21.1. The molecule has 1 saturated heterocycles. The van der Waals surface area contributed by atoms with Crippen molar-refractivity contribution in [2.75, 3.05) is 29.9 Å². The van der Waals surface area contributed by atoms with Crippen LogP contribution in [0.3, 0.4) is 0 Å². The molecule has 1 aromatic rings. The lowest BCUT2D eigenvalue weighted by Gasteiger charge is -2.33. The van der Waals surface area contributed by atoms with E-state index in [4.69, 9.17) is 0 Å². The van der Waals surface area contributed by atoms with Gasteiger partial charge in [0, 0.05) is 38.2 Å². The van der Waals surface area contributed by atoms with Crippen molar-refractivity contribution < 1.29 is 4.79 Å². The second kappa shape index (κ2) is 7.62. The van der Waals surface area contributed by atoms with Gasteiger partial charge in [-0.3, -0.25) is 4.79 Å². The molecule has 1 aliphatic heterocycles. The minimum absolute atomic E-state index is 0.169. The fourth-order valence-corrected chi connectivity index (χ4v) is 3.17. The summed E-state index contributed by atoms with van der Waals surface area (Å²) in [4.78, 5) is 22.7. The highest BCUT2D eigenvalue weighted by atomic mass is 16.1. The van der Waals surface area contributed by atoms with Crippen LogP contribution in [0.5, 0.6) is 0 Å². The maximum atomic E-state index is 11.6. The van der Waals surface area contributed by atoms with Gasteiger partial charge in [-0.25, -0.2) is 9.97 Å². The van der Waals surface area contributed by atoms with Crippen molar-refractivity contribution in [3.63, 3.8) is 0 Å². The molecule has 2 fully saturated rings. The van der Waals surface area contributed by atoms with E-state index in [-0.39, 0.29) is 5.91 Å². The highest BCUT2D eigenvalue weighted by Gasteiger charge is 2.24. The van der Waals surface area contributed by atoms with E-state index in [9.17, 15) is 4.79 Å². The van der Waals surface area contributed by atoms with Gasteiger partial charge in [-0.2, -0.15) is 0 Å². The number of carbonyl (C=O) groups excluding carboxylic acids is 1. The van der Waals surface area contributed by atoms with E-state index in [1.165, 1.54) is 19.3 Å². The average Bonchev–Trinajstić information content (AvgIpc) is 3.38. The molecule has 2 N–H and O–H groups in total. The van der Waals surface area contributed by atoms with Gasteiger partial charge < -0.3 is 15.5 Å². The second-order valence-corrected chi connectivity index (χ2v) is 6.63. The molecule has 1 aliphatic carbocycles. The van der Waals surface area contributed by atoms with Crippen LogP contribution in [0.25, 0.3) is 0 Å². The van der Waals surface area contributed by atoms with Crippen LogP contribution in [0.2, 0.25) is 0 Å². The van der Waals surface area contributed by atoms with Gasteiger partial charge in [-0.1, -0.05) is 0 Å². The first kappa shape index (κ1) is 16.0. The van der Waals surface area contributed by atoms with Gasteiger partial charge in [0.1, 0.15) is 18.0 Å². The molecule has 6 heteroatoms. The number of piperidine rings is 1. The topological polar surface area (TPSA) is 70.2 Å². The number of aromatic nitrogens is 2. The van der Waals surface area contributed by atoms with E-state index in [2.05, 4.69) is 31.6 Å². The van der Waals surface area contributed by atoms with Crippen LogP contribution in [0.1, 0.15) is 45.4 Å². The molecular formula is C17H27N5O. The highest BCUT2D eigenvalue weighted by Crippen LogP contribution is 2.27. The molecule has 0 radical (unpaired) electrons. The summed E-state index contributed by atoms with van der Waals surface area (Å²) in [7, 11) is 0. The molecule has 1 aromatic heterocycles. The minimum atomic E-state index is 0.169. The molecule has 2 aliphatic rings. The van der Waals surface area contributed by atoms with Crippen LogP contribution in [-0.4, -0.2) is 41.6 Å². The number of anilines is 2. The van der Waals surface area contributed by atoms with Crippen LogP contribution in [0, 0.1) is 5.92 Å². The zero-order valence-corrected chi connectivity index (χ0v) is 13.9. The average molecular weight is 317 g/mol. The third-order valence-corrected chi connectivity index (χ3v) is 4.58. The van der Waals surface area contributed by atoms with Gasteiger partial charge in [-0.15, -0.1) is 0 Å². The maximum absolute atomic E-state index is 11.6. The largest absolute Gasteiger partial charge is 0.367 e. The first-order valence-corrected chi connectivity index (χ1v) is 8.85. The van der Waals surface area contributed by atoms with Crippen molar-refractivity contribution in [1.82, 2.24) is 15.3 Å². The first-order valence-electron chi connectivity index (χ1n) is 8.85. The number of nitrogens with one attached hydrogen (secondary N) is 2. The molecule has 2 heterocycles. The fraction of sp³-hybridized carbons (Fsp3) is 0.706. The number of hydrogen-bond acceptors (Lipinski definition) is 5. The van der Waals surface area contributed by atoms with E-state index in [1.54, 1.807) is 6.33 Å². The van der Waals surface area contributed by atoms with Crippen LogP contribution < -0.4 is 15.5 Å². The molecule has 1 saturated carbocycles. The van der Waals surface area contributed by atoms with Gasteiger partial charge in [0.05, 0.1) is 0 Å². The second-order valence-electron chi connectivity index (χ2n) is 6.63. The number of amides is 1. The predicted molar refractivity (Wildman–Crippen MR) is 91.5 cm³/mol. The van der Waals surface area contributed by atoms with Crippen LogP contribution in [-0.2, 0) is 4.79 Å². The number of carbonyl (C=O) groups is 1. The molecule has 0 aromatic carbocycles. The summed E-state index contributed by atoms with van der Waals surface area (Å²) < 4.78 is 0. The lowest BCUT2D eigenvalue weighted by atomic mass is 9.93. The fourth-order valence-electron chi connectivity index (χ4n) is 3.17. The predicted octanol–water partition coefficient (Wildman–Crippen LogP) is 2.18. The van der Waals surface area contributed by atoms with E-state index >= 15 is 0 Å². The maximum Gasteiger partial charge on any atom is 0.219 e. The molecule has 1 atom stereocenters. The molecular weight excluding hydrogens is 290 g/mol. The van der Waals surface area contributed by atoms with Crippen molar-refractivity contribution >= 4 is 17.5 Å². The Hall–Kier alpha value is -1.85. The summed E-state index contributed by atoms with van der Waals surface area (Å²) in [6, 6.07) is 2.66. The summed E-state index contributed by atoms with van der Waals surface area (Å²) >= 11 is 0. The quantitative estimate of drug-likeness (QED) is 0.806. The Balaban J connectivity index is 1.54. The van der Waals surface area contributed by atoms with Gasteiger partial charge in [0.25, 0.3) is 0 Å². The molecule has 1 amide bonds. The van der Waals surface area contributed by atoms with Gasteiger partial charge in [0.2, 0.25) is 5.91 Å². The summed E-state index contributed by atoms with van der Waals surface area (Å²) in [5.74, 6) is 2.68. The summed E-state index contributed by atoms with van der Waals surface area (Å²) in [5.41, 5.74) is 0. The Kier molecular flexibility index (Phi) is 5.31. The molecule has 126 valence electrons. The lowest BCUT2D eigenvalue weighted by Crippen LogP contribution is -2.36.